The lowest BCUT2D eigenvalue weighted by atomic mass is 9.90. The average molecular weight is 440 g/mol. The van der Waals surface area contributed by atoms with E-state index in [2.05, 4.69) is 21.6 Å². The molecule has 0 amide bonds. The van der Waals surface area contributed by atoms with Gasteiger partial charge >= 0.3 is 0 Å². The molecular formula is C25H33N3O4. The van der Waals surface area contributed by atoms with Crippen molar-refractivity contribution in [3.8, 4) is 17.0 Å². The van der Waals surface area contributed by atoms with Crippen LogP contribution >= 0.6 is 0 Å². The van der Waals surface area contributed by atoms with E-state index >= 15 is 0 Å². The van der Waals surface area contributed by atoms with Crippen molar-refractivity contribution < 1.29 is 19.7 Å². The lowest BCUT2D eigenvalue weighted by molar-refractivity contribution is -0.0417. The minimum absolute atomic E-state index is 0.0359. The Morgan fingerprint density at radius 3 is 2.59 bits per heavy atom. The van der Waals surface area contributed by atoms with Gasteiger partial charge in [0.15, 0.2) is 5.82 Å². The maximum Gasteiger partial charge on any atom is 0.155 e. The summed E-state index contributed by atoms with van der Waals surface area (Å²) in [6.07, 6.45) is 9.80. The summed E-state index contributed by atoms with van der Waals surface area (Å²) in [5.41, 5.74) is 5.40. The predicted molar refractivity (Wildman–Crippen MR) is 122 cm³/mol. The Balaban J connectivity index is 0.000000265. The van der Waals surface area contributed by atoms with Crippen LogP contribution in [-0.2, 0) is 34.5 Å². The molecule has 2 fully saturated rings. The minimum atomic E-state index is -0.440. The van der Waals surface area contributed by atoms with Gasteiger partial charge in [0.1, 0.15) is 17.0 Å². The number of ether oxygens (including phenoxy) is 2. The topological polar surface area (TPSA) is 96.7 Å². The van der Waals surface area contributed by atoms with Crippen LogP contribution in [0.25, 0.3) is 11.3 Å². The first-order chi connectivity index (χ1) is 15.6. The smallest absolute Gasteiger partial charge is 0.155 e. The van der Waals surface area contributed by atoms with Gasteiger partial charge in [0.25, 0.3) is 0 Å². The van der Waals surface area contributed by atoms with Gasteiger partial charge in [0.05, 0.1) is 19.3 Å². The molecular weight excluding hydrogens is 406 g/mol. The van der Waals surface area contributed by atoms with Crippen LogP contribution in [0.1, 0.15) is 67.2 Å². The summed E-state index contributed by atoms with van der Waals surface area (Å²) >= 11 is 0. The zero-order chi connectivity index (χ0) is 22.1. The van der Waals surface area contributed by atoms with Gasteiger partial charge in [0, 0.05) is 36.8 Å². The molecule has 0 bridgehead atoms. The summed E-state index contributed by atoms with van der Waals surface area (Å²) in [4.78, 5) is 0. The summed E-state index contributed by atoms with van der Waals surface area (Å²) in [6, 6.07) is 4.08. The molecule has 172 valence electrons. The van der Waals surface area contributed by atoms with E-state index in [0.717, 1.165) is 72.3 Å². The van der Waals surface area contributed by atoms with Gasteiger partial charge in [-0.25, -0.2) is 0 Å². The van der Waals surface area contributed by atoms with E-state index < -0.39 is 5.60 Å². The monoisotopic (exact) mass is 439 g/mol. The first-order valence-electron chi connectivity index (χ1n) is 11.9. The number of aliphatic hydroxyl groups excluding tert-OH is 1. The third-order valence-corrected chi connectivity index (χ3v) is 7.33. The lowest BCUT2D eigenvalue weighted by Gasteiger charge is -2.23. The zero-order valence-corrected chi connectivity index (χ0v) is 18.8. The lowest BCUT2D eigenvalue weighted by Crippen LogP contribution is -2.26. The van der Waals surface area contributed by atoms with E-state index in [4.69, 9.17) is 14.6 Å². The Labute approximate surface area is 189 Å². The molecule has 4 aliphatic rings. The van der Waals surface area contributed by atoms with Crippen molar-refractivity contribution in [2.45, 2.75) is 76.1 Å². The third kappa shape index (κ3) is 3.76. The van der Waals surface area contributed by atoms with E-state index in [9.17, 15) is 5.11 Å². The van der Waals surface area contributed by atoms with Gasteiger partial charge in [-0.1, -0.05) is 25.3 Å². The molecule has 2 aliphatic heterocycles. The summed E-state index contributed by atoms with van der Waals surface area (Å²) in [5.74, 6) is 1.09. The predicted octanol–water partition coefficient (Wildman–Crippen LogP) is 3.84. The molecule has 2 aliphatic carbocycles. The Morgan fingerprint density at radius 1 is 1.06 bits per heavy atom. The van der Waals surface area contributed by atoms with E-state index in [1.807, 2.05) is 13.1 Å². The number of phenols is 1. The van der Waals surface area contributed by atoms with Crippen LogP contribution in [0, 0.1) is 0 Å². The largest absolute Gasteiger partial charge is 0.507 e. The molecule has 7 nitrogen and oxygen atoms in total. The van der Waals surface area contributed by atoms with Crippen LogP contribution in [0.5, 0.6) is 5.75 Å². The summed E-state index contributed by atoms with van der Waals surface area (Å²) < 4.78 is 11.8. The Hall–Kier alpha value is -2.22. The Morgan fingerprint density at radius 2 is 1.91 bits per heavy atom. The molecule has 1 unspecified atom stereocenters. The van der Waals surface area contributed by atoms with Crippen LogP contribution in [-0.4, -0.2) is 46.8 Å². The van der Waals surface area contributed by atoms with Crippen LogP contribution in [0.15, 0.2) is 12.1 Å². The highest BCUT2D eigenvalue weighted by Gasteiger charge is 2.47. The summed E-state index contributed by atoms with van der Waals surface area (Å²) in [7, 11) is 1.85. The van der Waals surface area contributed by atoms with Crippen LogP contribution < -0.4 is 5.32 Å². The molecule has 6 rings (SSSR count). The highest BCUT2D eigenvalue weighted by molar-refractivity contribution is 5.75. The second kappa shape index (κ2) is 8.96. The summed E-state index contributed by atoms with van der Waals surface area (Å²) in [6.45, 7) is 1.69. The Bertz CT molecular complexity index is 982. The highest BCUT2D eigenvalue weighted by atomic mass is 16.6. The van der Waals surface area contributed by atoms with Crippen molar-refractivity contribution in [1.29, 1.82) is 0 Å². The van der Waals surface area contributed by atoms with Gasteiger partial charge in [0.2, 0.25) is 0 Å². The highest BCUT2D eigenvalue weighted by Crippen LogP contribution is 2.49. The van der Waals surface area contributed by atoms with Gasteiger partial charge in [-0.2, -0.15) is 0 Å². The van der Waals surface area contributed by atoms with Gasteiger partial charge < -0.3 is 25.0 Å². The minimum Gasteiger partial charge on any atom is -0.507 e. The van der Waals surface area contributed by atoms with E-state index in [1.165, 1.54) is 24.8 Å². The van der Waals surface area contributed by atoms with Crippen molar-refractivity contribution in [2.75, 3.05) is 25.6 Å². The first-order valence-corrected chi connectivity index (χ1v) is 11.9. The number of hydrogen-bond acceptors (Lipinski definition) is 7. The van der Waals surface area contributed by atoms with Crippen LogP contribution in [0.4, 0.5) is 5.82 Å². The fraction of sp³-hybridized carbons (Fsp3) is 0.600. The van der Waals surface area contributed by atoms with Gasteiger partial charge in [-0.3, -0.25) is 0 Å². The molecule has 3 N–H and O–H groups in total. The van der Waals surface area contributed by atoms with E-state index in [0.29, 0.717) is 25.6 Å². The molecule has 1 saturated carbocycles. The second-order valence-corrected chi connectivity index (χ2v) is 9.33. The molecule has 1 spiro atoms. The fourth-order valence-electron chi connectivity index (χ4n) is 5.55. The Kier molecular flexibility index (Phi) is 6.05. The molecule has 3 heterocycles. The van der Waals surface area contributed by atoms with Crippen molar-refractivity contribution in [3.05, 3.63) is 34.4 Å². The van der Waals surface area contributed by atoms with Crippen molar-refractivity contribution in [1.82, 2.24) is 10.2 Å². The summed E-state index contributed by atoms with van der Waals surface area (Å²) in [5, 5.41) is 31.7. The first kappa shape index (κ1) is 21.6. The standard InChI is InChI=1S/C19H21N3O3.C6H12O/c1-20-18-15-14(9-25-19(15)7-8-24-10-19)16(21-22-18)13-6-5-11-3-2-4-12(11)17(13)23;7-6-4-2-1-3-5-6/h5-6,23H,2-4,7-10H2,1H3,(H,20,22);6-7H,1-5H2. The fourth-order valence-corrected chi connectivity index (χ4v) is 5.55. The number of hydrogen-bond donors (Lipinski definition) is 3. The number of fused-ring (bicyclic) bond motifs is 3. The van der Waals surface area contributed by atoms with Crippen molar-refractivity contribution in [3.63, 3.8) is 0 Å². The average Bonchev–Trinajstić information content (AvgIpc) is 3.57. The maximum absolute atomic E-state index is 10.8. The second-order valence-electron chi connectivity index (χ2n) is 9.33. The third-order valence-electron chi connectivity index (χ3n) is 7.33. The quantitative estimate of drug-likeness (QED) is 0.654. The number of rotatable bonds is 2. The van der Waals surface area contributed by atoms with E-state index in [1.54, 1.807) is 0 Å². The number of anilines is 1. The van der Waals surface area contributed by atoms with Crippen molar-refractivity contribution >= 4 is 5.82 Å². The number of nitrogens with zero attached hydrogens (tertiary/aromatic N) is 2. The molecule has 1 saturated heterocycles. The molecule has 7 heteroatoms. The molecule has 0 radical (unpaired) electrons. The molecule has 2 aromatic rings. The number of aryl methyl sites for hydroxylation is 1. The molecule has 1 aromatic heterocycles. The molecule has 32 heavy (non-hydrogen) atoms. The number of benzene rings is 1. The normalized spacial score (nSPS) is 24.2. The number of nitrogens with one attached hydrogen (secondary N) is 1. The van der Waals surface area contributed by atoms with Gasteiger partial charge in [-0.05, 0) is 49.3 Å². The van der Waals surface area contributed by atoms with Crippen molar-refractivity contribution in [2.24, 2.45) is 0 Å². The number of aromatic nitrogens is 2. The van der Waals surface area contributed by atoms with Crippen LogP contribution in [0.2, 0.25) is 0 Å². The van der Waals surface area contributed by atoms with Crippen LogP contribution in [0.3, 0.4) is 0 Å². The molecule has 1 atom stereocenters. The van der Waals surface area contributed by atoms with Gasteiger partial charge in [-0.15, -0.1) is 10.2 Å². The number of phenolic OH excluding ortho intramolecular Hbond substituents is 1. The number of aliphatic hydroxyl groups is 1. The maximum atomic E-state index is 10.8. The van der Waals surface area contributed by atoms with E-state index in [-0.39, 0.29) is 6.10 Å². The number of aromatic hydroxyl groups is 1. The zero-order valence-electron chi connectivity index (χ0n) is 18.8. The molecule has 1 aromatic carbocycles. The SMILES string of the molecule is CNc1nnc(-c2ccc3c(c2O)CCC3)c2c1C1(CCOC1)OC2.OC1CCCCC1.